The van der Waals surface area contributed by atoms with Crippen LogP contribution in [-0.2, 0) is 4.79 Å². The topological polar surface area (TPSA) is 53.6 Å². The molecule has 1 saturated heterocycles. The van der Waals surface area contributed by atoms with E-state index in [9.17, 15) is 4.79 Å². The zero-order valence-corrected chi connectivity index (χ0v) is 17.6. The van der Waals surface area contributed by atoms with Gasteiger partial charge in [-0.25, -0.2) is 0 Å². The first-order chi connectivity index (χ1) is 11.7. The molecule has 1 amide bonds. The summed E-state index contributed by atoms with van der Waals surface area (Å²) in [6.45, 7) is 8.65. The first-order valence-corrected chi connectivity index (χ1v) is 9.06. The molecule has 2 atom stereocenters. The normalized spacial score (nSPS) is 17.6. The first kappa shape index (κ1) is 25.0. The summed E-state index contributed by atoms with van der Waals surface area (Å²) in [5, 5.41) is 6.48. The molecule has 26 heavy (non-hydrogen) atoms. The molecule has 1 heterocycles. The fourth-order valence-corrected chi connectivity index (χ4v) is 3.39. The van der Waals surface area contributed by atoms with Gasteiger partial charge < -0.3 is 15.4 Å². The first-order valence-electron chi connectivity index (χ1n) is 9.06. The second kappa shape index (κ2) is 13.2. The van der Waals surface area contributed by atoms with E-state index in [-0.39, 0.29) is 42.7 Å². The molecule has 2 rings (SSSR count). The van der Waals surface area contributed by atoms with Crippen LogP contribution in [0, 0.1) is 5.92 Å². The lowest BCUT2D eigenvalue weighted by molar-refractivity contribution is -0.125. The second-order valence-electron chi connectivity index (χ2n) is 6.30. The standard InChI is InChI=1S/C19H31N3O2.2ClH/c1-4-22(5-2)18(15-8-6-10-17(12-15)24-3)14-21-19(23)16-9-7-11-20-13-16;;/h6,8,10,12,16,18,20H,4-5,7,9,11,13-14H2,1-3H3,(H,21,23);2*1H. The summed E-state index contributed by atoms with van der Waals surface area (Å²) in [6, 6.07) is 8.31. The van der Waals surface area contributed by atoms with Crippen molar-refractivity contribution >= 4 is 30.7 Å². The van der Waals surface area contributed by atoms with Gasteiger partial charge in [0.15, 0.2) is 0 Å². The highest BCUT2D eigenvalue weighted by molar-refractivity contribution is 5.85. The lowest BCUT2D eigenvalue weighted by Crippen LogP contribution is -2.44. The fraction of sp³-hybridized carbons (Fsp3) is 0.632. The van der Waals surface area contributed by atoms with Crippen molar-refractivity contribution in [1.29, 1.82) is 0 Å². The summed E-state index contributed by atoms with van der Waals surface area (Å²) >= 11 is 0. The number of piperidine rings is 1. The number of benzene rings is 1. The Balaban J connectivity index is 0.00000312. The summed E-state index contributed by atoms with van der Waals surface area (Å²) in [4.78, 5) is 14.8. The van der Waals surface area contributed by atoms with Crippen molar-refractivity contribution in [3.05, 3.63) is 29.8 Å². The van der Waals surface area contributed by atoms with Gasteiger partial charge in [-0.3, -0.25) is 9.69 Å². The van der Waals surface area contributed by atoms with Crippen LogP contribution in [0.5, 0.6) is 5.75 Å². The minimum Gasteiger partial charge on any atom is -0.497 e. The highest BCUT2D eigenvalue weighted by Gasteiger charge is 2.24. The van der Waals surface area contributed by atoms with Gasteiger partial charge in [0.05, 0.1) is 19.1 Å². The van der Waals surface area contributed by atoms with Gasteiger partial charge in [0, 0.05) is 13.1 Å². The molecule has 1 aromatic carbocycles. The SMILES string of the molecule is CCN(CC)C(CNC(=O)C1CCCNC1)c1cccc(OC)c1.Cl.Cl. The van der Waals surface area contributed by atoms with Crippen molar-refractivity contribution in [2.24, 2.45) is 5.92 Å². The Labute approximate surface area is 170 Å². The average molecular weight is 406 g/mol. The average Bonchev–Trinajstić information content (AvgIpc) is 2.65. The van der Waals surface area contributed by atoms with E-state index in [1.807, 2.05) is 12.1 Å². The minimum atomic E-state index is 0. The van der Waals surface area contributed by atoms with Crippen molar-refractivity contribution < 1.29 is 9.53 Å². The predicted octanol–water partition coefficient (Wildman–Crippen LogP) is 3.04. The zero-order valence-electron chi connectivity index (χ0n) is 16.0. The van der Waals surface area contributed by atoms with Gasteiger partial charge in [-0.1, -0.05) is 26.0 Å². The number of carbonyl (C=O) groups excluding carboxylic acids is 1. The smallest absolute Gasteiger partial charge is 0.224 e. The van der Waals surface area contributed by atoms with Crippen molar-refractivity contribution in [3.8, 4) is 5.75 Å². The summed E-state index contributed by atoms with van der Waals surface area (Å²) in [5.74, 6) is 1.12. The lowest BCUT2D eigenvalue weighted by Gasteiger charge is -2.31. The van der Waals surface area contributed by atoms with Crippen LogP contribution in [0.15, 0.2) is 24.3 Å². The molecule has 0 bridgehead atoms. The van der Waals surface area contributed by atoms with E-state index >= 15 is 0 Å². The molecule has 5 nitrogen and oxygen atoms in total. The quantitative estimate of drug-likeness (QED) is 0.697. The second-order valence-corrected chi connectivity index (χ2v) is 6.30. The Hall–Kier alpha value is -1.01. The molecule has 1 aliphatic heterocycles. The molecule has 1 aliphatic rings. The maximum absolute atomic E-state index is 12.5. The van der Waals surface area contributed by atoms with Crippen LogP contribution < -0.4 is 15.4 Å². The number of nitrogens with zero attached hydrogens (tertiary/aromatic N) is 1. The highest BCUT2D eigenvalue weighted by atomic mass is 35.5. The Morgan fingerprint density at radius 2 is 2.08 bits per heavy atom. The number of amides is 1. The van der Waals surface area contributed by atoms with Gasteiger partial charge in [-0.05, 0) is 50.2 Å². The van der Waals surface area contributed by atoms with Crippen LogP contribution >= 0.6 is 24.8 Å². The van der Waals surface area contributed by atoms with Crippen LogP contribution in [0.2, 0.25) is 0 Å². The lowest BCUT2D eigenvalue weighted by atomic mass is 9.98. The largest absolute Gasteiger partial charge is 0.497 e. The number of nitrogens with one attached hydrogen (secondary N) is 2. The van der Waals surface area contributed by atoms with E-state index < -0.39 is 0 Å². The molecule has 0 spiro atoms. The third-order valence-electron chi connectivity index (χ3n) is 4.87. The highest BCUT2D eigenvalue weighted by Crippen LogP contribution is 2.24. The van der Waals surface area contributed by atoms with Gasteiger partial charge in [0.1, 0.15) is 5.75 Å². The molecular weight excluding hydrogens is 373 g/mol. The summed E-state index contributed by atoms with van der Waals surface area (Å²) in [6.07, 6.45) is 2.06. The molecule has 7 heteroatoms. The van der Waals surface area contributed by atoms with E-state index in [1.165, 1.54) is 5.56 Å². The minimum absolute atomic E-state index is 0. The summed E-state index contributed by atoms with van der Waals surface area (Å²) in [5.41, 5.74) is 1.18. The number of methoxy groups -OCH3 is 1. The Kier molecular flexibility index (Phi) is 12.7. The molecule has 1 fully saturated rings. The van der Waals surface area contributed by atoms with Gasteiger partial charge in [0.25, 0.3) is 0 Å². The van der Waals surface area contributed by atoms with Gasteiger partial charge in [-0.2, -0.15) is 0 Å². The van der Waals surface area contributed by atoms with Crippen molar-refractivity contribution in [3.63, 3.8) is 0 Å². The molecule has 1 aromatic rings. The van der Waals surface area contributed by atoms with Gasteiger partial charge in [0.2, 0.25) is 5.91 Å². The van der Waals surface area contributed by atoms with Crippen LogP contribution in [-0.4, -0.2) is 50.6 Å². The van der Waals surface area contributed by atoms with Crippen LogP contribution in [0.25, 0.3) is 0 Å². The van der Waals surface area contributed by atoms with Crippen LogP contribution in [0.3, 0.4) is 0 Å². The van der Waals surface area contributed by atoms with E-state index in [2.05, 4.69) is 41.5 Å². The molecule has 2 unspecified atom stereocenters. The molecule has 0 aliphatic carbocycles. The van der Waals surface area contributed by atoms with E-state index in [0.717, 1.165) is 44.8 Å². The Morgan fingerprint density at radius 1 is 1.35 bits per heavy atom. The van der Waals surface area contributed by atoms with Gasteiger partial charge in [-0.15, -0.1) is 24.8 Å². The van der Waals surface area contributed by atoms with Crippen LogP contribution in [0.1, 0.15) is 38.3 Å². The van der Waals surface area contributed by atoms with Crippen LogP contribution in [0.4, 0.5) is 0 Å². The Bertz CT molecular complexity index is 521. The number of likely N-dealkylation sites (N-methyl/N-ethyl adjacent to an activating group) is 1. The number of hydrogen-bond acceptors (Lipinski definition) is 4. The number of rotatable bonds is 8. The molecule has 0 radical (unpaired) electrons. The number of hydrogen-bond donors (Lipinski definition) is 2. The number of ether oxygens (including phenoxy) is 1. The van der Waals surface area contributed by atoms with Crippen molar-refractivity contribution in [2.45, 2.75) is 32.7 Å². The molecule has 0 aromatic heterocycles. The molecular formula is C19H33Cl2N3O2. The monoisotopic (exact) mass is 405 g/mol. The van der Waals surface area contributed by atoms with Crippen molar-refractivity contribution in [1.82, 2.24) is 15.5 Å². The predicted molar refractivity (Wildman–Crippen MR) is 112 cm³/mol. The van der Waals surface area contributed by atoms with E-state index in [0.29, 0.717) is 6.54 Å². The van der Waals surface area contributed by atoms with Crippen molar-refractivity contribution in [2.75, 3.05) is 39.8 Å². The summed E-state index contributed by atoms with van der Waals surface area (Å²) < 4.78 is 5.36. The number of halogens is 2. The molecule has 2 N–H and O–H groups in total. The fourth-order valence-electron chi connectivity index (χ4n) is 3.39. The molecule has 150 valence electrons. The third kappa shape index (κ3) is 6.95. The summed E-state index contributed by atoms with van der Waals surface area (Å²) in [7, 11) is 1.68. The van der Waals surface area contributed by atoms with E-state index in [1.54, 1.807) is 7.11 Å². The third-order valence-corrected chi connectivity index (χ3v) is 4.87. The maximum Gasteiger partial charge on any atom is 0.224 e. The Morgan fingerprint density at radius 3 is 2.65 bits per heavy atom. The number of carbonyl (C=O) groups is 1. The molecule has 0 saturated carbocycles. The van der Waals surface area contributed by atoms with E-state index in [4.69, 9.17) is 4.74 Å². The zero-order chi connectivity index (χ0) is 17.4. The van der Waals surface area contributed by atoms with Gasteiger partial charge >= 0.3 is 0 Å². The maximum atomic E-state index is 12.5.